The van der Waals surface area contributed by atoms with Gasteiger partial charge in [-0.05, 0) is 36.6 Å². The molecule has 0 saturated heterocycles. The van der Waals surface area contributed by atoms with Gasteiger partial charge in [-0.1, -0.05) is 24.3 Å². The van der Waals surface area contributed by atoms with Gasteiger partial charge in [-0.15, -0.1) is 0 Å². The number of aliphatic imine (C=N–C) groups is 1. The Bertz CT molecular complexity index is 1120. The molecule has 2 aromatic carbocycles. The number of amidine groups is 1. The maximum atomic E-state index is 13.4. The third-order valence-corrected chi connectivity index (χ3v) is 7.38. The second-order valence-corrected chi connectivity index (χ2v) is 9.97. The van der Waals surface area contributed by atoms with E-state index < -0.39 is 21.7 Å². The van der Waals surface area contributed by atoms with Crippen molar-refractivity contribution < 1.29 is 22.0 Å². The molecule has 1 aliphatic rings. The fraction of sp³-hybridized carbons (Fsp3) is 0.391. The molecule has 0 fully saturated rings. The lowest BCUT2D eigenvalue weighted by molar-refractivity contribution is -0.130. The van der Waals surface area contributed by atoms with E-state index in [4.69, 9.17) is 0 Å². The van der Waals surface area contributed by atoms with Crippen LogP contribution in [0.15, 0.2) is 52.4 Å². The van der Waals surface area contributed by atoms with Gasteiger partial charge in [0.1, 0.15) is 5.84 Å². The van der Waals surface area contributed by atoms with Gasteiger partial charge in [-0.2, -0.15) is 0 Å². The maximum absolute atomic E-state index is 13.4. The predicted octanol–water partition coefficient (Wildman–Crippen LogP) is 2.42. The molecule has 0 spiro atoms. The summed E-state index contributed by atoms with van der Waals surface area (Å²) in [5.41, 5.74) is 2.15. The Balaban J connectivity index is 1.43. The van der Waals surface area contributed by atoms with Crippen LogP contribution >= 0.6 is 0 Å². The molecular weight excluding hydrogens is 450 g/mol. The highest BCUT2D eigenvalue weighted by Gasteiger charge is 2.22. The zero-order chi connectivity index (χ0) is 24.0. The van der Waals surface area contributed by atoms with Crippen molar-refractivity contribution in [1.29, 1.82) is 0 Å². The third kappa shape index (κ3) is 6.35. The van der Waals surface area contributed by atoms with E-state index in [1.807, 2.05) is 24.3 Å². The zero-order valence-electron chi connectivity index (χ0n) is 18.7. The van der Waals surface area contributed by atoms with Crippen LogP contribution in [-0.2, 0) is 21.2 Å². The summed E-state index contributed by atoms with van der Waals surface area (Å²) in [6, 6.07) is 10.5. The van der Waals surface area contributed by atoms with Gasteiger partial charge in [0.2, 0.25) is 15.9 Å². The van der Waals surface area contributed by atoms with Crippen LogP contribution < -0.4 is 5.32 Å². The minimum absolute atomic E-state index is 0.0836. The van der Waals surface area contributed by atoms with Gasteiger partial charge in [0, 0.05) is 45.7 Å². The number of hydrogen-bond donors (Lipinski definition) is 1. The average Bonchev–Trinajstić information content (AvgIpc) is 3.34. The smallest absolute Gasteiger partial charge is 0.242 e. The summed E-state index contributed by atoms with van der Waals surface area (Å²) in [6.07, 6.45) is 1.19. The van der Waals surface area contributed by atoms with Crippen molar-refractivity contribution in [3.8, 4) is 0 Å². The minimum Gasteiger partial charge on any atom is -0.368 e. The Hall–Kier alpha value is -2.85. The van der Waals surface area contributed by atoms with Gasteiger partial charge >= 0.3 is 0 Å². The Labute approximate surface area is 193 Å². The first kappa shape index (κ1) is 24.8. The van der Waals surface area contributed by atoms with E-state index in [1.165, 1.54) is 7.05 Å². The zero-order valence-corrected chi connectivity index (χ0v) is 19.5. The number of benzene rings is 2. The molecule has 0 radical (unpaired) electrons. The Morgan fingerprint density at radius 3 is 2.42 bits per heavy atom. The van der Waals surface area contributed by atoms with Gasteiger partial charge in [0.15, 0.2) is 11.6 Å². The van der Waals surface area contributed by atoms with E-state index in [-0.39, 0.29) is 23.8 Å². The van der Waals surface area contributed by atoms with E-state index in [1.54, 1.807) is 11.9 Å². The highest BCUT2D eigenvalue weighted by Crippen LogP contribution is 2.18. The molecule has 0 bridgehead atoms. The molecule has 3 rings (SSSR count). The molecular formula is C23H28F2N4O3S. The lowest BCUT2D eigenvalue weighted by atomic mass is 10.1. The van der Waals surface area contributed by atoms with Crippen LogP contribution in [0.2, 0.25) is 0 Å². The molecule has 33 heavy (non-hydrogen) atoms. The summed E-state index contributed by atoms with van der Waals surface area (Å²) in [4.78, 5) is 18.1. The number of carbonyl (C=O) groups is 1. The van der Waals surface area contributed by atoms with Crippen molar-refractivity contribution in [2.75, 3.05) is 40.3 Å². The molecule has 0 saturated carbocycles. The number of amides is 1. The van der Waals surface area contributed by atoms with Gasteiger partial charge in [-0.25, -0.2) is 21.5 Å². The number of rotatable bonds is 10. The molecule has 0 unspecified atom stereocenters. The van der Waals surface area contributed by atoms with Crippen LogP contribution in [0.5, 0.6) is 0 Å². The fourth-order valence-corrected chi connectivity index (χ4v) is 4.65. The molecule has 0 aliphatic carbocycles. The Morgan fingerprint density at radius 1 is 1.06 bits per heavy atom. The standard InChI is InChI=1S/C23H28F2N4O3S/c1-28(15-11-17-5-7-18(8-6-17)23-26-12-13-27-23)22(30)4-3-14-29(2)33(31,32)19-9-10-20(24)21(25)16-19/h5-10,16H,3-4,11-15H2,1-2H3,(H,26,27). The second kappa shape index (κ2) is 10.8. The molecule has 2 aromatic rings. The molecule has 10 heteroatoms. The first-order valence-electron chi connectivity index (χ1n) is 10.7. The lowest BCUT2D eigenvalue weighted by Crippen LogP contribution is -2.31. The first-order valence-corrected chi connectivity index (χ1v) is 12.2. The van der Waals surface area contributed by atoms with Crippen LogP contribution in [-0.4, -0.2) is 69.6 Å². The van der Waals surface area contributed by atoms with Gasteiger partial charge < -0.3 is 10.2 Å². The van der Waals surface area contributed by atoms with Gasteiger partial charge in [0.25, 0.3) is 0 Å². The van der Waals surface area contributed by atoms with Crippen molar-refractivity contribution in [2.45, 2.75) is 24.2 Å². The summed E-state index contributed by atoms with van der Waals surface area (Å²) < 4.78 is 52.5. The predicted molar refractivity (Wildman–Crippen MR) is 123 cm³/mol. The molecule has 1 N–H and O–H groups in total. The number of likely N-dealkylation sites (N-methyl/N-ethyl adjacent to an activating group) is 1. The third-order valence-electron chi connectivity index (χ3n) is 5.53. The van der Waals surface area contributed by atoms with E-state index in [2.05, 4.69) is 10.3 Å². The topological polar surface area (TPSA) is 82.1 Å². The molecule has 178 valence electrons. The number of halogens is 2. The molecule has 0 atom stereocenters. The quantitative estimate of drug-likeness (QED) is 0.569. The Kier molecular flexibility index (Phi) is 8.15. The molecule has 1 heterocycles. The van der Waals surface area contributed by atoms with Crippen molar-refractivity contribution in [3.63, 3.8) is 0 Å². The average molecular weight is 479 g/mol. The molecule has 1 aliphatic heterocycles. The van der Waals surface area contributed by atoms with E-state index in [0.29, 0.717) is 25.5 Å². The summed E-state index contributed by atoms with van der Waals surface area (Å²) in [5.74, 6) is -1.51. The molecule has 0 aromatic heterocycles. The van der Waals surface area contributed by atoms with Crippen molar-refractivity contribution in [2.24, 2.45) is 4.99 Å². The summed E-state index contributed by atoms with van der Waals surface area (Å²) >= 11 is 0. The highest BCUT2D eigenvalue weighted by atomic mass is 32.2. The second-order valence-electron chi connectivity index (χ2n) is 7.93. The van der Waals surface area contributed by atoms with E-state index in [0.717, 1.165) is 46.5 Å². The molecule has 7 nitrogen and oxygen atoms in total. The fourth-order valence-electron chi connectivity index (χ4n) is 3.42. The van der Waals surface area contributed by atoms with Crippen LogP contribution in [0.1, 0.15) is 24.0 Å². The Morgan fingerprint density at radius 2 is 1.79 bits per heavy atom. The largest absolute Gasteiger partial charge is 0.368 e. The summed E-state index contributed by atoms with van der Waals surface area (Å²) in [6.45, 7) is 2.27. The van der Waals surface area contributed by atoms with Gasteiger partial charge in [-0.3, -0.25) is 9.79 Å². The van der Waals surface area contributed by atoms with Crippen molar-refractivity contribution in [1.82, 2.24) is 14.5 Å². The van der Waals surface area contributed by atoms with Crippen molar-refractivity contribution in [3.05, 3.63) is 65.2 Å². The highest BCUT2D eigenvalue weighted by molar-refractivity contribution is 7.89. The van der Waals surface area contributed by atoms with Crippen LogP contribution in [0.4, 0.5) is 8.78 Å². The monoisotopic (exact) mass is 478 g/mol. The summed E-state index contributed by atoms with van der Waals surface area (Å²) in [5, 5.41) is 3.23. The van der Waals surface area contributed by atoms with E-state index >= 15 is 0 Å². The lowest BCUT2D eigenvalue weighted by Gasteiger charge is -2.20. The van der Waals surface area contributed by atoms with E-state index in [9.17, 15) is 22.0 Å². The minimum atomic E-state index is -3.96. The van der Waals surface area contributed by atoms with Crippen LogP contribution in [0.25, 0.3) is 0 Å². The summed E-state index contributed by atoms with van der Waals surface area (Å²) in [7, 11) is -0.897. The molecule has 1 amide bonds. The maximum Gasteiger partial charge on any atom is 0.242 e. The number of carbonyl (C=O) groups excluding carboxylic acids is 1. The SMILES string of the molecule is CN(CCc1ccc(C2=NCCN2)cc1)C(=O)CCCN(C)S(=O)(=O)c1ccc(F)c(F)c1. The number of nitrogens with one attached hydrogen (secondary N) is 1. The first-order chi connectivity index (χ1) is 15.7. The van der Waals surface area contributed by atoms with Crippen molar-refractivity contribution >= 4 is 21.8 Å². The van der Waals surface area contributed by atoms with Gasteiger partial charge in [0.05, 0.1) is 11.4 Å². The normalized spacial score (nSPS) is 13.7. The number of hydrogen-bond acceptors (Lipinski definition) is 5. The van der Waals surface area contributed by atoms with Crippen LogP contribution in [0, 0.1) is 11.6 Å². The van der Waals surface area contributed by atoms with Crippen LogP contribution in [0.3, 0.4) is 0 Å². The number of sulfonamides is 1. The number of nitrogens with zero attached hydrogens (tertiary/aromatic N) is 3.